The van der Waals surface area contributed by atoms with Gasteiger partial charge < -0.3 is 15.4 Å². The van der Waals surface area contributed by atoms with Crippen LogP contribution in [0.1, 0.15) is 37.1 Å². The number of nitrogens with zero attached hydrogens (tertiary/aromatic N) is 4. The third kappa shape index (κ3) is 6.28. The molecule has 2 atom stereocenters. The molecule has 10 heteroatoms. The van der Waals surface area contributed by atoms with E-state index in [0.29, 0.717) is 24.6 Å². The molecule has 4 aromatic rings. The van der Waals surface area contributed by atoms with Crippen LogP contribution in [-0.4, -0.2) is 62.8 Å². The maximum Gasteiger partial charge on any atom is 0.410 e. The summed E-state index contributed by atoms with van der Waals surface area (Å²) in [6, 6.07) is 18.3. The molecule has 0 unspecified atom stereocenters. The first-order valence-corrected chi connectivity index (χ1v) is 14.3. The summed E-state index contributed by atoms with van der Waals surface area (Å²) in [6.07, 6.45) is 6.16. The van der Waals surface area contributed by atoms with Crippen molar-refractivity contribution in [2.75, 3.05) is 18.4 Å². The van der Waals surface area contributed by atoms with E-state index in [0.717, 1.165) is 53.4 Å². The summed E-state index contributed by atoms with van der Waals surface area (Å²) in [5.74, 6) is 0.778. The number of fused-ring (bicyclic) bond motifs is 1. The molecule has 0 spiro atoms. The van der Waals surface area contributed by atoms with E-state index in [1.807, 2.05) is 54.6 Å². The van der Waals surface area contributed by atoms with Gasteiger partial charge in [-0.05, 0) is 67.6 Å². The minimum Gasteiger partial charge on any atom is -0.445 e. The van der Waals surface area contributed by atoms with Crippen LogP contribution in [0, 0.1) is 0 Å². The number of carbonyl (C=O) groups is 3. The molecule has 0 bridgehead atoms. The Morgan fingerprint density at radius 3 is 2.57 bits per heavy atom. The maximum absolute atomic E-state index is 13.1. The summed E-state index contributed by atoms with van der Waals surface area (Å²) < 4.78 is 5.46. The van der Waals surface area contributed by atoms with E-state index in [1.54, 1.807) is 18.5 Å². The van der Waals surface area contributed by atoms with Crippen LogP contribution < -0.4 is 10.6 Å². The average molecular weight is 565 g/mol. The van der Waals surface area contributed by atoms with Crippen molar-refractivity contribution in [3.63, 3.8) is 0 Å². The lowest BCUT2D eigenvalue weighted by Gasteiger charge is -2.23. The minimum absolute atomic E-state index is 0.0416. The summed E-state index contributed by atoms with van der Waals surface area (Å²) >= 11 is 0. The van der Waals surface area contributed by atoms with Gasteiger partial charge in [-0.3, -0.25) is 14.5 Å². The van der Waals surface area contributed by atoms with Gasteiger partial charge in [0.25, 0.3) is 0 Å². The van der Waals surface area contributed by atoms with E-state index in [-0.39, 0.29) is 30.8 Å². The van der Waals surface area contributed by atoms with Crippen molar-refractivity contribution in [3.05, 3.63) is 84.4 Å². The number of aromatic nitrogens is 3. The second-order valence-corrected chi connectivity index (χ2v) is 10.7. The van der Waals surface area contributed by atoms with Gasteiger partial charge in [0.1, 0.15) is 18.2 Å². The second kappa shape index (κ2) is 12.4. The molecule has 2 amide bonds. The third-order valence-electron chi connectivity index (χ3n) is 7.75. The number of amides is 2. The monoisotopic (exact) mass is 564 g/mol. The van der Waals surface area contributed by atoms with Gasteiger partial charge in [0.05, 0.1) is 24.0 Å². The van der Waals surface area contributed by atoms with E-state index in [9.17, 15) is 14.4 Å². The Bertz CT molecular complexity index is 1590. The summed E-state index contributed by atoms with van der Waals surface area (Å²) in [4.78, 5) is 53.2. The van der Waals surface area contributed by atoms with Crippen LogP contribution in [0.4, 0.5) is 10.6 Å². The van der Waals surface area contributed by atoms with Crippen LogP contribution in [0.15, 0.2) is 73.1 Å². The number of anilines is 1. The highest BCUT2D eigenvalue weighted by atomic mass is 16.6. The maximum atomic E-state index is 13.1. The summed E-state index contributed by atoms with van der Waals surface area (Å²) in [5, 5.41) is 7.01. The molecule has 10 nitrogen and oxygen atoms in total. The van der Waals surface area contributed by atoms with Crippen molar-refractivity contribution in [2.24, 2.45) is 0 Å². The number of Topliss-reactive ketones (excluding diaryl/α,β-unsaturated/α-hetero) is 1. The minimum atomic E-state index is -0.534. The van der Waals surface area contributed by atoms with Crippen LogP contribution in [0.5, 0.6) is 0 Å². The molecule has 214 valence electrons. The van der Waals surface area contributed by atoms with Gasteiger partial charge in [-0.1, -0.05) is 36.4 Å². The van der Waals surface area contributed by atoms with Crippen LogP contribution >= 0.6 is 0 Å². The Labute approximate surface area is 243 Å². The number of benzene rings is 2. The summed E-state index contributed by atoms with van der Waals surface area (Å²) in [6.45, 7) is 1.52. The van der Waals surface area contributed by atoms with Gasteiger partial charge in [0.15, 0.2) is 5.78 Å². The lowest BCUT2D eigenvalue weighted by atomic mass is 10.1. The number of rotatable bonds is 8. The third-order valence-corrected chi connectivity index (χ3v) is 7.75. The van der Waals surface area contributed by atoms with Crippen molar-refractivity contribution >= 4 is 34.5 Å². The van der Waals surface area contributed by atoms with Gasteiger partial charge in [-0.25, -0.2) is 19.7 Å². The Morgan fingerprint density at radius 1 is 0.952 bits per heavy atom. The molecular weight excluding hydrogens is 532 g/mol. The largest absolute Gasteiger partial charge is 0.445 e. The molecule has 6 rings (SSSR count). The van der Waals surface area contributed by atoms with Crippen molar-refractivity contribution < 1.29 is 19.1 Å². The number of likely N-dealkylation sites (tertiary alicyclic amines) is 1. The quantitative estimate of drug-likeness (QED) is 0.325. The number of nitrogens with one attached hydrogen (secondary N) is 2. The van der Waals surface area contributed by atoms with Gasteiger partial charge >= 0.3 is 6.09 Å². The SMILES string of the molecule is O=C(Nc1ccc2cc(-c3cnc(CC(=O)[C@@H]4CCCN4C(=O)OCc4ccccc4)nc3)ccc2n1)[C@@H]1CCCN1. The van der Waals surface area contributed by atoms with E-state index >= 15 is 0 Å². The second-order valence-electron chi connectivity index (χ2n) is 10.7. The predicted molar refractivity (Wildman–Crippen MR) is 157 cm³/mol. The standard InChI is InChI=1S/C32H32N6O4/c39-28(27-9-5-15-38(27)32(41)42-20-21-6-2-1-3-7-21)17-30-34-18-24(19-35-30)22-10-12-25-23(16-22)11-13-29(36-25)37-31(40)26-8-4-14-33-26/h1-3,6-7,10-13,16,18-19,26-27,33H,4-5,8-9,14-15,17,20H2,(H,36,37,40)/t26-,27-/m0/s1. The van der Waals surface area contributed by atoms with Gasteiger partial charge in [-0.15, -0.1) is 0 Å². The van der Waals surface area contributed by atoms with Gasteiger partial charge in [0.2, 0.25) is 5.91 Å². The molecule has 4 heterocycles. The normalized spacial score (nSPS) is 18.2. The first-order valence-electron chi connectivity index (χ1n) is 14.3. The first kappa shape index (κ1) is 27.5. The Morgan fingerprint density at radius 2 is 1.79 bits per heavy atom. The molecular formula is C32H32N6O4. The van der Waals surface area contributed by atoms with Crippen molar-refractivity contribution in [1.82, 2.24) is 25.2 Å². The molecule has 2 aromatic heterocycles. The van der Waals surface area contributed by atoms with Crippen LogP contribution in [0.3, 0.4) is 0 Å². The van der Waals surface area contributed by atoms with Gasteiger partial charge in [0, 0.05) is 29.9 Å². The number of carbonyl (C=O) groups excluding carboxylic acids is 3. The van der Waals surface area contributed by atoms with Crippen molar-refractivity contribution in [2.45, 2.75) is 50.8 Å². The fraction of sp³-hybridized carbons (Fsp3) is 0.312. The average Bonchev–Trinajstić information content (AvgIpc) is 3.74. The molecule has 42 heavy (non-hydrogen) atoms. The number of ketones is 1. The summed E-state index contributed by atoms with van der Waals surface area (Å²) in [5.41, 5.74) is 3.39. The molecule has 2 aliphatic heterocycles. The molecule has 2 aromatic carbocycles. The van der Waals surface area contributed by atoms with E-state index in [2.05, 4.69) is 25.6 Å². The number of pyridine rings is 1. The van der Waals surface area contributed by atoms with E-state index < -0.39 is 12.1 Å². The number of hydrogen-bond acceptors (Lipinski definition) is 8. The lowest BCUT2D eigenvalue weighted by Crippen LogP contribution is -2.41. The van der Waals surface area contributed by atoms with Crippen molar-refractivity contribution in [3.8, 4) is 11.1 Å². The molecule has 0 saturated carbocycles. The number of ether oxygens (including phenoxy) is 1. The van der Waals surface area contributed by atoms with E-state index in [1.165, 1.54) is 4.90 Å². The van der Waals surface area contributed by atoms with Crippen LogP contribution in [0.25, 0.3) is 22.0 Å². The highest BCUT2D eigenvalue weighted by molar-refractivity contribution is 5.95. The van der Waals surface area contributed by atoms with E-state index in [4.69, 9.17) is 4.74 Å². The molecule has 2 N–H and O–H groups in total. The van der Waals surface area contributed by atoms with Crippen molar-refractivity contribution in [1.29, 1.82) is 0 Å². The molecule has 2 saturated heterocycles. The fourth-order valence-corrected chi connectivity index (χ4v) is 5.49. The first-order chi connectivity index (χ1) is 20.5. The van der Waals surface area contributed by atoms with Gasteiger partial charge in [-0.2, -0.15) is 0 Å². The Hall–Kier alpha value is -4.70. The molecule has 0 radical (unpaired) electrons. The fourth-order valence-electron chi connectivity index (χ4n) is 5.49. The summed E-state index contributed by atoms with van der Waals surface area (Å²) in [7, 11) is 0. The Kier molecular flexibility index (Phi) is 8.14. The molecule has 0 aliphatic carbocycles. The smallest absolute Gasteiger partial charge is 0.410 e. The predicted octanol–water partition coefficient (Wildman–Crippen LogP) is 4.30. The number of hydrogen-bond donors (Lipinski definition) is 2. The van der Waals surface area contributed by atoms with Crippen LogP contribution in [0.2, 0.25) is 0 Å². The Balaban J connectivity index is 1.06. The highest BCUT2D eigenvalue weighted by Gasteiger charge is 2.35. The zero-order chi connectivity index (χ0) is 28.9. The van der Waals surface area contributed by atoms with Crippen LogP contribution in [-0.2, 0) is 27.4 Å². The topological polar surface area (TPSA) is 126 Å². The zero-order valence-corrected chi connectivity index (χ0v) is 23.2. The molecule has 2 fully saturated rings. The lowest BCUT2D eigenvalue weighted by molar-refractivity contribution is -0.122. The zero-order valence-electron chi connectivity index (χ0n) is 23.2. The highest BCUT2D eigenvalue weighted by Crippen LogP contribution is 2.25. The molecule has 2 aliphatic rings.